The van der Waals surface area contributed by atoms with Gasteiger partial charge in [-0.1, -0.05) is 6.58 Å². The second kappa shape index (κ2) is 10.1. The van der Waals surface area contributed by atoms with Gasteiger partial charge < -0.3 is 9.26 Å². The van der Waals surface area contributed by atoms with Gasteiger partial charge in [-0.25, -0.2) is 4.57 Å². The summed E-state index contributed by atoms with van der Waals surface area (Å²) in [7, 11) is -3.73. The Hall–Kier alpha value is -0.840. The van der Waals surface area contributed by atoms with E-state index in [1.54, 1.807) is 13.8 Å². The highest BCUT2D eigenvalue weighted by atomic mass is 31.2. The topological polar surface area (TPSA) is 71.1 Å². The van der Waals surface area contributed by atoms with E-state index in [-0.39, 0.29) is 19.6 Å². The summed E-state index contributed by atoms with van der Waals surface area (Å²) in [6.07, 6.45) is 2.75. The minimum atomic E-state index is -3.73. The second-order valence-electron chi connectivity index (χ2n) is 3.24. The molecule has 0 aliphatic rings. The molecule has 0 saturated carbocycles. The molecule has 0 aromatic heterocycles. The predicted octanol–water partition coefficient (Wildman–Crippen LogP) is 3.04. The summed E-state index contributed by atoms with van der Waals surface area (Å²) in [5.41, 5.74) is 0. The lowest BCUT2D eigenvalue weighted by Crippen LogP contribution is -2.07. The first-order valence-corrected chi connectivity index (χ1v) is 7.38. The monoisotopic (exact) mass is 280 g/mol. The van der Waals surface area contributed by atoms with Gasteiger partial charge in [-0.15, -0.1) is 0 Å². The van der Waals surface area contributed by atoms with Crippen LogP contribution in [0.2, 0.25) is 0 Å². The van der Waals surface area contributed by atoms with Crippen LogP contribution in [0, 0.1) is 0 Å². The third kappa shape index (κ3) is 8.28. The summed E-state index contributed by atoms with van der Waals surface area (Å²) in [4.78, 5) is 11.4. The van der Waals surface area contributed by atoms with Crippen molar-refractivity contribution in [1.29, 1.82) is 0 Å². The summed E-state index contributed by atoms with van der Waals surface area (Å²) in [5.74, 6) is -0.598. The number of hydrogen-bond donors (Lipinski definition) is 0. The molecule has 0 atom stereocenters. The maximum atomic E-state index is 11.8. The van der Waals surface area contributed by atoms with Crippen LogP contribution in [0.4, 0.5) is 0 Å². The van der Waals surface area contributed by atoms with E-state index in [2.05, 4.69) is 6.58 Å². The Balaban J connectivity index is 3.95. The maximum Gasteiger partial charge on any atom is 0.532 e. The van der Waals surface area contributed by atoms with E-state index in [0.29, 0.717) is 19.4 Å². The molecule has 0 bridgehead atoms. The highest BCUT2D eigenvalue weighted by Crippen LogP contribution is 2.49. The van der Waals surface area contributed by atoms with Gasteiger partial charge in [0.1, 0.15) is 0 Å². The molecule has 0 spiro atoms. The molecule has 0 fully saturated rings. The van der Waals surface area contributed by atoms with Crippen molar-refractivity contribution >= 4 is 13.8 Å². The lowest BCUT2D eigenvalue weighted by molar-refractivity contribution is -0.136. The first-order chi connectivity index (χ1) is 8.58. The highest BCUT2D eigenvalue weighted by molar-refractivity contribution is 7.49. The SMILES string of the molecule is C=COCCCCC(=O)OP(=O)(OCC)OCC. The summed E-state index contributed by atoms with van der Waals surface area (Å²) in [6.45, 7) is 7.48. The van der Waals surface area contributed by atoms with Gasteiger partial charge in [-0.2, -0.15) is 0 Å². The van der Waals surface area contributed by atoms with Crippen LogP contribution in [0.1, 0.15) is 33.1 Å². The molecule has 0 N–H and O–H groups in total. The largest absolute Gasteiger partial charge is 0.532 e. The maximum absolute atomic E-state index is 11.8. The number of carbonyl (C=O) groups is 1. The highest BCUT2D eigenvalue weighted by Gasteiger charge is 2.29. The lowest BCUT2D eigenvalue weighted by Gasteiger charge is -2.15. The summed E-state index contributed by atoms with van der Waals surface area (Å²) < 4.78 is 31.1. The zero-order valence-electron chi connectivity index (χ0n) is 10.9. The number of hydrogen-bond acceptors (Lipinski definition) is 6. The molecule has 0 aliphatic carbocycles. The quantitative estimate of drug-likeness (QED) is 0.329. The Morgan fingerprint density at radius 2 is 1.83 bits per heavy atom. The van der Waals surface area contributed by atoms with Crippen LogP contribution in [-0.2, 0) is 27.7 Å². The number of ether oxygens (including phenoxy) is 1. The van der Waals surface area contributed by atoms with E-state index in [1.165, 1.54) is 6.26 Å². The van der Waals surface area contributed by atoms with E-state index in [4.69, 9.17) is 18.3 Å². The Labute approximate surface area is 108 Å². The van der Waals surface area contributed by atoms with Crippen molar-refractivity contribution in [2.75, 3.05) is 19.8 Å². The molecular formula is C11H21O6P. The molecule has 0 amide bonds. The minimum Gasteiger partial charge on any atom is -0.502 e. The van der Waals surface area contributed by atoms with Gasteiger partial charge in [0.25, 0.3) is 0 Å². The fourth-order valence-electron chi connectivity index (χ4n) is 1.11. The zero-order chi connectivity index (χ0) is 13.9. The first-order valence-electron chi connectivity index (χ1n) is 5.92. The van der Waals surface area contributed by atoms with Crippen molar-refractivity contribution in [2.24, 2.45) is 0 Å². The fraction of sp³-hybridized carbons (Fsp3) is 0.727. The number of carbonyl (C=O) groups excluding carboxylic acids is 1. The number of unbranched alkanes of at least 4 members (excludes halogenated alkanes) is 1. The van der Waals surface area contributed by atoms with Crippen LogP contribution in [0.3, 0.4) is 0 Å². The van der Waals surface area contributed by atoms with E-state index in [9.17, 15) is 9.36 Å². The normalized spacial score (nSPS) is 11.0. The zero-order valence-corrected chi connectivity index (χ0v) is 11.8. The summed E-state index contributed by atoms with van der Waals surface area (Å²) in [6, 6.07) is 0. The van der Waals surface area contributed by atoms with E-state index >= 15 is 0 Å². The summed E-state index contributed by atoms with van der Waals surface area (Å²) >= 11 is 0. The number of phosphoric acid groups is 1. The molecule has 0 aromatic carbocycles. The van der Waals surface area contributed by atoms with Gasteiger partial charge in [-0.05, 0) is 26.7 Å². The Kier molecular flexibility index (Phi) is 9.64. The average Bonchev–Trinajstić information content (AvgIpc) is 2.29. The van der Waals surface area contributed by atoms with Gasteiger partial charge in [0.05, 0.1) is 26.1 Å². The van der Waals surface area contributed by atoms with Crippen LogP contribution in [0.25, 0.3) is 0 Å². The van der Waals surface area contributed by atoms with Crippen LogP contribution < -0.4 is 0 Å². The van der Waals surface area contributed by atoms with Crippen LogP contribution in [0.5, 0.6) is 0 Å². The molecule has 0 radical (unpaired) electrons. The minimum absolute atomic E-state index is 0.143. The van der Waals surface area contributed by atoms with Crippen LogP contribution >= 0.6 is 7.82 Å². The molecule has 0 saturated heterocycles. The summed E-state index contributed by atoms with van der Waals surface area (Å²) in [5, 5.41) is 0. The Morgan fingerprint density at radius 1 is 1.22 bits per heavy atom. The smallest absolute Gasteiger partial charge is 0.502 e. The van der Waals surface area contributed by atoms with Crippen molar-refractivity contribution in [3.63, 3.8) is 0 Å². The van der Waals surface area contributed by atoms with Gasteiger partial charge in [0, 0.05) is 6.42 Å². The Bertz CT molecular complexity index is 281. The fourth-order valence-corrected chi connectivity index (χ4v) is 2.27. The molecule has 0 heterocycles. The van der Waals surface area contributed by atoms with Crippen molar-refractivity contribution in [1.82, 2.24) is 0 Å². The molecule has 0 unspecified atom stereocenters. The van der Waals surface area contributed by atoms with Crippen LogP contribution in [-0.4, -0.2) is 25.8 Å². The Morgan fingerprint density at radius 3 is 2.33 bits per heavy atom. The molecule has 0 aliphatic heterocycles. The van der Waals surface area contributed by atoms with E-state index in [0.717, 1.165) is 0 Å². The molecule has 0 rings (SSSR count). The van der Waals surface area contributed by atoms with Crippen molar-refractivity contribution in [3.8, 4) is 0 Å². The average molecular weight is 280 g/mol. The lowest BCUT2D eigenvalue weighted by atomic mass is 10.2. The van der Waals surface area contributed by atoms with Crippen molar-refractivity contribution < 1.29 is 27.7 Å². The van der Waals surface area contributed by atoms with E-state index < -0.39 is 13.8 Å². The third-order valence-corrected chi connectivity index (χ3v) is 3.38. The molecule has 7 heteroatoms. The number of rotatable bonds is 11. The first kappa shape index (κ1) is 17.2. The number of phosphoric ester groups is 1. The van der Waals surface area contributed by atoms with Gasteiger partial charge in [0.15, 0.2) is 0 Å². The van der Waals surface area contributed by atoms with Gasteiger partial charge in [0.2, 0.25) is 0 Å². The molecule has 0 aromatic rings. The van der Waals surface area contributed by atoms with Gasteiger partial charge >= 0.3 is 13.8 Å². The van der Waals surface area contributed by atoms with Crippen LogP contribution in [0.15, 0.2) is 12.8 Å². The predicted molar refractivity (Wildman–Crippen MR) is 67.0 cm³/mol. The molecule has 106 valence electrons. The third-order valence-electron chi connectivity index (χ3n) is 1.80. The van der Waals surface area contributed by atoms with E-state index in [1.807, 2.05) is 0 Å². The van der Waals surface area contributed by atoms with Crippen molar-refractivity contribution in [3.05, 3.63) is 12.8 Å². The standard InChI is InChI=1S/C11H21O6P/c1-4-14-10-8-7-9-11(12)17-18(13,15-5-2)16-6-3/h4H,1,5-10H2,2-3H3. The molecule has 18 heavy (non-hydrogen) atoms. The van der Waals surface area contributed by atoms with Gasteiger partial charge in [-0.3, -0.25) is 13.8 Å². The second-order valence-corrected chi connectivity index (χ2v) is 4.83. The molecule has 6 nitrogen and oxygen atoms in total. The molecular weight excluding hydrogens is 259 g/mol. The van der Waals surface area contributed by atoms with Crippen molar-refractivity contribution in [2.45, 2.75) is 33.1 Å².